The van der Waals surface area contributed by atoms with Crippen molar-refractivity contribution in [2.75, 3.05) is 13.2 Å². The van der Waals surface area contributed by atoms with Crippen LogP contribution in [0, 0.1) is 24.2 Å². The Kier molecular flexibility index (Phi) is 5.14. The zero-order valence-corrected chi connectivity index (χ0v) is 12.0. The number of nitrogens with one attached hydrogen (secondary N) is 1. The molecule has 1 rings (SSSR count). The van der Waals surface area contributed by atoms with Crippen LogP contribution in [-0.2, 0) is 0 Å². The van der Waals surface area contributed by atoms with Gasteiger partial charge in [0.1, 0.15) is 6.61 Å². The highest BCUT2D eigenvalue weighted by atomic mass is 16.2. The summed E-state index contributed by atoms with van der Waals surface area (Å²) in [4.78, 5) is 12.0. The Morgan fingerprint density at radius 1 is 1.37 bits per heavy atom. The quantitative estimate of drug-likeness (QED) is 0.799. The number of benzene rings is 1. The number of hydrogen-bond acceptors (Lipinski definition) is 2. The predicted molar refractivity (Wildman–Crippen MR) is 76.9 cm³/mol. The fourth-order valence-corrected chi connectivity index (χ4v) is 1.53. The van der Waals surface area contributed by atoms with E-state index in [0.29, 0.717) is 12.1 Å². The minimum absolute atomic E-state index is 0.0667. The smallest absolute Gasteiger partial charge is 0.251 e. The van der Waals surface area contributed by atoms with Crippen LogP contribution in [0.5, 0.6) is 0 Å². The van der Waals surface area contributed by atoms with Gasteiger partial charge in [-0.1, -0.05) is 32.6 Å². The summed E-state index contributed by atoms with van der Waals surface area (Å²) < 4.78 is 0. The molecule has 0 aliphatic carbocycles. The SMILES string of the molecule is Cc1cc(C(=O)NCC(C)(C)C)ccc1C#CCO. The predicted octanol–water partition coefficient (Wildman–Crippen LogP) is 2.11. The van der Waals surface area contributed by atoms with Crippen molar-refractivity contribution in [3.63, 3.8) is 0 Å². The largest absolute Gasteiger partial charge is 0.384 e. The molecule has 0 fully saturated rings. The van der Waals surface area contributed by atoms with Crippen molar-refractivity contribution in [1.82, 2.24) is 5.32 Å². The van der Waals surface area contributed by atoms with Gasteiger partial charge in [-0.05, 0) is 36.1 Å². The summed E-state index contributed by atoms with van der Waals surface area (Å²) in [6.45, 7) is 8.61. The molecule has 0 bridgehead atoms. The summed E-state index contributed by atoms with van der Waals surface area (Å²) in [7, 11) is 0. The number of carbonyl (C=O) groups is 1. The molecule has 1 amide bonds. The average Bonchev–Trinajstić information content (AvgIpc) is 2.33. The number of aryl methyl sites for hydroxylation is 1. The van der Waals surface area contributed by atoms with Gasteiger partial charge in [0.25, 0.3) is 5.91 Å². The molecule has 19 heavy (non-hydrogen) atoms. The van der Waals surface area contributed by atoms with Gasteiger partial charge in [0, 0.05) is 17.7 Å². The molecule has 2 N–H and O–H groups in total. The second-order valence-electron chi connectivity index (χ2n) is 5.73. The summed E-state index contributed by atoms with van der Waals surface area (Å²) in [6, 6.07) is 5.38. The van der Waals surface area contributed by atoms with E-state index in [1.54, 1.807) is 6.07 Å². The molecule has 1 aromatic rings. The first-order valence-corrected chi connectivity index (χ1v) is 6.32. The van der Waals surface area contributed by atoms with Gasteiger partial charge in [0.15, 0.2) is 0 Å². The lowest BCUT2D eigenvalue weighted by Gasteiger charge is -2.18. The highest BCUT2D eigenvalue weighted by Gasteiger charge is 2.13. The van der Waals surface area contributed by atoms with Crippen molar-refractivity contribution in [2.24, 2.45) is 5.41 Å². The Morgan fingerprint density at radius 2 is 2.05 bits per heavy atom. The lowest BCUT2D eigenvalue weighted by atomic mass is 9.96. The second-order valence-corrected chi connectivity index (χ2v) is 5.73. The molecule has 1 aromatic carbocycles. The van der Waals surface area contributed by atoms with Gasteiger partial charge in [-0.2, -0.15) is 0 Å². The molecular formula is C16H21NO2. The molecule has 0 saturated carbocycles. The fourth-order valence-electron chi connectivity index (χ4n) is 1.53. The molecule has 102 valence electrons. The van der Waals surface area contributed by atoms with E-state index in [1.807, 2.05) is 19.1 Å². The summed E-state index contributed by atoms with van der Waals surface area (Å²) in [5, 5.41) is 11.6. The highest BCUT2D eigenvalue weighted by molar-refractivity contribution is 5.94. The lowest BCUT2D eigenvalue weighted by Crippen LogP contribution is -2.32. The van der Waals surface area contributed by atoms with E-state index < -0.39 is 0 Å². The number of rotatable bonds is 2. The van der Waals surface area contributed by atoms with Crippen molar-refractivity contribution in [1.29, 1.82) is 0 Å². The second kappa shape index (κ2) is 6.40. The van der Waals surface area contributed by atoms with E-state index in [0.717, 1.165) is 11.1 Å². The third-order valence-corrected chi connectivity index (χ3v) is 2.57. The van der Waals surface area contributed by atoms with Crippen LogP contribution in [0.1, 0.15) is 42.3 Å². The molecule has 0 radical (unpaired) electrons. The minimum Gasteiger partial charge on any atom is -0.384 e. The molecule has 0 saturated heterocycles. The maximum atomic E-state index is 12.0. The molecule has 0 aliphatic heterocycles. The monoisotopic (exact) mass is 259 g/mol. The van der Waals surface area contributed by atoms with E-state index in [-0.39, 0.29) is 17.9 Å². The molecule has 0 unspecified atom stereocenters. The Morgan fingerprint density at radius 3 is 2.58 bits per heavy atom. The highest BCUT2D eigenvalue weighted by Crippen LogP contribution is 2.13. The van der Waals surface area contributed by atoms with Gasteiger partial charge >= 0.3 is 0 Å². The third-order valence-electron chi connectivity index (χ3n) is 2.57. The van der Waals surface area contributed by atoms with Gasteiger partial charge in [-0.25, -0.2) is 0 Å². The first kappa shape index (κ1) is 15.3. The molecule has 0 heterocycles. The van der Waals surface area contributed by atoms with Crippen LogP contribution < -0.4 is 5.32 Å². The van der Waals surface area contributed by atoms with Crippen LogP contribution >= 0.6 is 0 Å². The third kappa shape index (κ3) is 5.15. The summed E-state index contributed by atoms with van der Waals surface area (Å²) in [5.41, 5.74) is 2.47. The van der Waals surface area contributed by atoms with Gasteiger partial charge in [-0.3, -0.25) is 4.79 Å². The van der Waals surface area contributed by atoms with Gasteiger partial charge < -0.3 is 10.4 Å². The van der Waals surface area contributed by atoms with Gasteiger partial charge in [0.2, 0.25) is 0 Å². The Hall–Kier alpha value is -1.79. The van der Waals surface area contributed by atoms with E-state index in [4.69, 9.17) is 5.11 Å². The zero-order chi connectivity index (χ0) is 14.5. The molecule has 0 atom stereocenters. The van der Waals surface area contributed by atoms with E-state index >= 15 is 0 Å². The van der Waals surface area contributed by atoms with Crippen molar-refractivity contribution < 1.29 is 9.90 Å². The van der Waals surface area contributed by atoms with Crippen LogP contribution in [0.25, 0.3) is 0 Å². The van der Waals surface area contributed by atoms with Crippen molar-refractivity contribution in [2.45, 2.75) is 27.7 Å². The van der Waals surface area contributed by atoms with Crippen molar-refractivity contribution in [3.05, 3.63) is 34.9 Å². The van der Waals surface area contributed by atoms with E-state index in [9.17, 15) is 4.79 Å². The van der Waals surface area contributed by atoms with Crippen molar-refractivity contribution in [3.8, 4) is 11.8 Å². The average molecular weight is 259 g/mol. The molecular weight excluding hydrogens is 238 g/mol. The topological polar surface area (TPSA) is 49.3 Å². The Labute approximate surface area is 115 Å². The standard InChI is InChI=1S/C16H21NO2/c1-12-10-14(8-7-13(12)6-5-9-18)15(19)17-11-16(2,3)4/h7-8,10,18H,9,11H2,1-4H3,(H,17,19). The molecule has 0 spiro atoms. The Bertz CT molecular complexity index is 516. The number of aliphatic hydroxyl groups excluding tert-OH is 1. The Balaban J connectivity index is 2.80. The minimum atomic E-state index is -0.159. The maximum Gasteiger partial charge on any atom is 0.251 e. The number of aliphatic hydroxyl groups is 1. The maximum absolute atomic E-state index is 12.0. The first-order chi connectivity index (χ1) is 8.83. The number of carbonyl (C=O) groups excluding carboxylic acids is 1. The van der Waals surface area contributed by atoms with Crippen LogP contribution in [0.15, 0.2) is 18.2 Å². The normalized spacial score (nSPS) is 10.6. The van der Waals surface area contributed by atoms with Gasteiger partial charge in [-0.15, -0.1) is 0 Å². The van der Waals surface area contributed by atoms with E-state index in [1.165, 1.54) is 0 Å². The van der Waals surface area contributed by atoms with Crippen LogP contribution in [0.4, 0.5) is 0 Å². The van der Waals surface area contributed by atoms with Crippen LogP contribution in [-0.4, -0.2) is 24.2 Å². The van der Waals surface area contributed by atoms with Gasteiger partial charge in [0.05, 0.1) is 0 Å². The van der Waals surface area contributed by atoms with Crippen LogP contribution in [0.2, 0.25) is 0 Å². The number of hydrogen-bond donors (Lipinski definition) is 2. The molecule has 0 aromatic heterocycles. The first-order valence-electron chi connectivity index (χ1n) is 6.32. The number of amides is 1. The van der Waals surface area contributed by atoms with Crippen molar-refractivity contribution >= 4 is 5.91 Å². The summed E-state index contributed by atoms with van der Waals surface area (Å²) in [5.74, 6) is 5.39. The van der Waals surface area contributed by atoms with Crippen LogP contribution in [0.3, 0.4) is 0 Å². The molecule has 3 heteroatoms. The lowest BCUT2D eigenvalue weighted by molar-refractivity contribution is 0.0939. The summed E-state index contributed by atoms with van der Waals surface area (Å²) in [6.07, 6.45) is 0. The molecule has 0 aliphatic rings. The summed E-state index contributed by atoms with van der Waals surface area (Å²) >= 11 is 0. The molecule has 3 nitrogen and oxygen atoms in total. The van der Waals surface area contributed by atoms with E-state index in [2.05, 4.69) is 37.9 Å². The zero-order valence-electron chi connectivity index (χ0n) is 12.0. The fraction of sp³-hybridized carbons (Fsp3) is 0.438.